The molecular formula is C10H19NO3S. The lowest BCUT2D eigenvalue weighted by molar-refractivity contribution is -0.120. The Kier molecular flexibility index (Phi) is 3.76. The van der Waals surface area contributed by atoms with Crippen molar-refractivity contribution in [2.24, 2.45) is 17.8 Å². The molecule has 0 aliphatic heterocycles. The van der Waals surface area contributed by atoms with Crippen molar-refractivity contribution in [3.63, 3.8) is 0 Å². The maximum atomic E-state index is 11.5. The summed E-state index contributed by atoms with van der Waals surface area (Å²) in [6.45, 7) is 5.87. The number of carbonyl (C=O) groups excluding carboxylic acids is 1. The summed E-state index contributed by atoms with van der Waals surface area (Å²) in [6, 6.07) is 0. The Balaban J connectivity index is 2.39. The van der Waals surface area contributed by atoms with E-state index in [9.17, 15) is 13.2 Å². The number of nitrogens with one attached hydrogen (secondary N) is 1. The van der Waals surface area contributed by atoms with Crippen molar-refractivity contribution in [3.05, 3.63) is 0 Å². The third kappa shape index (κ3) is 4.20. The maximum absolute atomic E-state index is 11.5. The van der Waals surface area contributed by atoms with Crippen molar-refractivity contribution in [1.29, 1.82) is 0 Å². The van der Waals surface area contributed by atoms with Gasteiger partial charge in [-0.25, -0.2) is 8.42 Å². The minimum Gasteiger partial charge on any atom is -0.274 e. The van der Waals surface area contributed by atoms with Crippen LogP contribution < -0.4 is 4.72 Å². The van der Waals surface area contributed by atoms with E-state index in [1.165, 1.54) is 0 Å². The highest BCUT2D eigenvalue weighted by Crippen LogP contribution is 2.37. The van der Waals surface area contributed by atoms with Gasteiger partial charge in [-0.2, -0.15) is 0 Å². The van der Waals surface area contributed by atoms with Crippen molar-refractivity contribution in [2.45, 2.75) is 33.6 Å². The molecule has 0 aromatic carbocycles. The topological polar surface area (TPSA) is 63.2 Å². The lowest BCUT2D eigenvalue weighted by atomic mass is 10.2. The lowest BCUT2D eigenvalue weighted by Crippen LogP contribution is -2.34. The third-order valence-electron chi connectivity index (χ3n) is 2.67. The first-order valence-electron chi connectivity index (χ1n) is 5.36. The molecule has 0 aromatic heterocycles. The predicted octanol–water partition coefficient (Wildman–Crippen LogP) is 1.13. The van der Waals surface area contributed by atoms with E-state index in [1.807, 2.05) is 20.8 Å². The molecule has 1 aliphatic carbocycles. The molecule has 1 fully saturated rings. The van der Waals surface area contributed by atoms with Gasteiger partial charge in [0.25, 0.3) is 0 Å². The molecule has 0 heterocycles. The molecule has 1 aliphatic rings. The number of carbonyl (C=O) groups is 1. The summed E-state index contributed by atoms with van der Waals surface area (Å²) >= 11 is 0. The Bertz CT molecular complexity index is 335. The highest BCUT2D eigenvalue weighted by Gasteiger charge is 2.40. The number of hydrogen-bond donors (Lipinski definition) is 1. The second-order valence-electron chi connectivity index (χ2n) is 4.79. The largest absolute Gasteiger partial charge is 0.274 e. The van der Waals surface area contributed by atoms with Gasteiger partial charge in [0.05, 0.1) is 5.75 Å². The highest BCUT2D eigenvalue weighted by molar-refractivity contribution is 7.90. The SMILES string of the molecule is CC(C)CCS(=O)(=O)NC(=O)[C@H]1C[C@H]1C. The zero-order valence-electron chi connectivity index (χ0n) is 9.49. The van der Waals surface area contributed by atoms with E-state index < -0.39 is 10.0 Å². The van der Waals surface area contributed by atoms with Crippen molar-refractivity contribution in [1.82, 2.24) is 4.72 Å². The summed E-state index contributed by atoms with van der Waals surface area (Å²) in [4.78, 5) is 11.4. The van der Waals surface area contributed by atoms with Crippen molar-refractivity contribution in [2.75, 3.05) is 5.75 Å². The first kappa shape index (κ1) is 12.5. The van der Waals surface area contributed by atoms with Gasteiger partial charge in [0.1, 0.15) is 0 Å². The molecule has 0 radical (unpaired) electrons. The van der Waals surface area contributed by atoms with Gasteiger partial charge in [0.2, 0.25) is 15.9 Å². The molecule has 15 heavy (non-hydrogen) atoms. The molecule has 0 spiro atoms. The standard InChI is InChI=1S/C10H19NO3S/c1-7(2)4-5-15(13,14)11-10(12)9-6-8(9)3/h7-9H,4-6H2,1-3H3,(H,11,12)/t8-,9+/m1/s1. The first-order chi connectivity index (χ1) is 6.82. The van der Waals surface area contributed by atoms with Gasteiger partial charge in [-0.05, 0) is 24.7 Å². The number of sulfonamides is 1. The van der Waals surface area contributed by atoms with Crippen molar-refractivity contribution >= 4 is 15.9 Å². The fourth-order valence-electron chi connectivity index (χ4n) is 1.36. The van der Waals surface area contributed by atoms with E-state index in [2.05, 4.69) is 4.72 Å². The second kappa shape index (κ2) is 4.51. The molecule has 0 bridgehead atoms. The summed E-state index contributed by atoms with van der Waals surface area (Å²) in [7, 11) is -3.40. The zero-order chi connectivity index (χ0) is 11.6. The summed E-state index contributed by atoms with van der Waals surface area (Å²) < 4.78 is 25.0. The molecule has 1 N–H and O–H groups in total. The van der Waals surface area contributed by atoms with Gasteiger partial charge in [0.15, 0.2) is 0 Å². The summed E-state index contributed by atoms with van der Waals surface area (Å²) in [6.07, 6.45) is 1.40. The predicted molar refractivity (Wildman–Crippen MR) is 58.7 cm³/mol. The van der Waals surface area contributed by atoms with Crippen LogP contribution in [-0.2, 0) is 14.8 Å². The van der Waals surface area contributed by atoms with Crippen LogP contribution in [0.25, 0.3) is 0 Å². The van der Waals surface area contributed by atoms with E-state index in [0.717, 1.165) is 6.42 Å². The van der Waals surface area contributed by atoms with Crippen LogP contribution >= 0.6 is 0 Å². The van der Waals surface area contributed by atoms with Crippen LogP contribution in [0, 0.1) is 17.8 Å². The van der Waals surface area contributed by atoms with E-state index in [1.54, 1.807) is 0 Å². The molecular weight excluding hydrogens is 214 g/mol. The van der Waals surface area contributed by atoms with Crippen molar-refractivity contribution in [3.8, 4) is 0 Å². The van der Waals surface area contributed by atoms with Crippen LogP contribution in [0.1, 0.15) is 33.6 Å². The molecule has 1 rings (SSSR count). The molecule has 5 heteroatoms. The van der Waals surface area contributed by atoms with Gasteiger partial charge in [0, 0.05) is 5.92 Å². The molecule has 0 unspecified atom stereocenters. The molecule has 2 atom stereocenters. The number of hydrogen-bond acceptors (Lipinski definition) is 3. The van der Waals surface area contributed by atoms with Crippen molar-refractivity contribution < 1.29 is 13.2 Å². The fourth-order valence-corrected chi connectivity index (χ4v) is 2.70. The highest BCUT2D eigenvalue weighted by atomic mass is 32.2. The molecule has 0 saturated heterocycles. The molecule has 0 aromatic rings. The van der Waals surface area contributed by atoms with Crippen LogP contribution in [0.4, 0.5) is 0 Å². The van der Waals surface area contributed by atoms with Gasteiger partial charge < -0.3 is 0 Å². The zero-order valence-corrected chi connectivity index (χ0v) is 10.3. The second-order valence-corrected chi connectivity index (χ2v) is 6.63. The lowest BCUT2D eigenvalue weighted by Gasteiger charge is -2.07. The van der Waals surface area contributed by atoms with Crippen LogP contribution in [0.15, 0.2) is 0 Å². The van der Waals surface area contributed by atoms with Crippen LogP contribution in [0.3, 0.4) is 0 Å². The van der Waals surface area contributed by atoms with E-state index in [4.69, 9.17) is 0 Å². The molecule has 4 nitrogen and oxygen atoms in total. The van der Waals surface area contributed by atoms with Gasteiger partial charge in [-0.15, -0.1) is 0 Å². The Hall–Kier alpha value is -0.580. The monoisotopic (exact) mass is 233 g/mol. The summed E-state index contributed by atoms with van der Waals surface area (Å²) in [5.74, 6) is 0.296. The van der Waals surface area contributed by atoms with E-state index >= 15 is 0 Å². The average Bonchev–Trinajstić information content (AvgIpc) is 2.79. The number of amides is 1. The smallest absolute Gasteiger partial charge is 0.236 e. The first-order valence-corrected chi connectivity index (χ1v) is 7.01. The Morgan fingerprint density at radius 1 is 1.47 bits per heavy atom. The summed E-state index contributed by atoms with van der Waals surface area (Å²) in [5, 5.41) is 0. The fraction of sp³-hybridized carbons (Fsp3) is 0.900. The Morgan fingerprint density at radius 3 is 2.40 bits per heavy atom. The quantitative estimate of drug-likeness (QED) is 0.774. The van der Waals surface area contributed by atoms with Gasteiger partial charge >= 0.3 is 0 Å². The normalized spacial score (nSPS) is 25.3. The molecule has 1 saturated carbocycles. The minimum absolute atomic E-state index is 0.0392. The van der Waals surface area contributed by atoms with E-state index in [0.29, 0.717) is 18.3 Å². The molecule has 88 valence electrons. The van der Waals surface area contributed by atoms with Gasteiger partial charge in [-0.3, -0.25) is 9.52 Å². The Morgan fingerprint density at radius 2 is 2.00 bits per heavy atom. The number of rotatable bonds is 5. The van der Waals surface area contributed by atoms with Gasteiger partial charge in [-0.1, -0.05) is 20.8 Å². The van der Waals surface area contributed by atoms with Crippen LogP contribution in [-0.4, -0.2) is 20.1 Å². The third-order valence-corrected chi connectivity index (χ3v) is 3.95. The van der Waals surface area contributed by atoms with Crippen LogP contribution in [0.2, 0.25) is 0 Å². The van der Waals surface area contributed by atoms with E-state index in [-0.39, 0.29) is 17.6 Å². The summed E-state index contributed by atoms with van der Waals surface area (Å²) in [5.41, 5.74) is 0. The Labute approximate surface area is 91.5 Å². The average molecular weight is 233 g/mol. The van der Waals surface area contributed by atoms with Crippen LogP contribution in [0.5, 0.6) is 0 Å². The maximum Gasteiger partial charge on any atom is 0.236 e. The minimum atomic E-state index is -3.40. The molecule has 1 amide bonds.